The third-order valence-corrected chi connectivity index (χ3v) is 6.36. The summed E-state index contributed by atoms with van der Waals surface area (Å²) in [5.41, 5.74) is 7.25. The number of nitrogens with zero attached hydrogens (tertiary/aromatic N) is 1. The number of methoxy groups -OCH3 is 1. The smallest absolute Gasteiger partial charge is 0.119 e. The third kappa shape index (κ3) is 2.35. The van der Waals surface area contributed by atoms with Gasteiger partial charge >= 0.3 is 0 Å². The number of nitrogens with one attached hydrogen (secondary N) is 1. The molecule has 1 fully saturated rings. The lowest BCUT2D eigenvalue weighted by Gasteiger charge is -2.36. The molecule has 2 aromatic carbocycles. The molecule has 0 radical (unpaired) electrons. The van der Waals surface area contributed by atoms with Crippen molar-refractivity contribution in [3.8, 4) is 16.9 Å². The van der Waals surface area contributed by atoms with Gasteiger partial charge in [0.2, 0.25) is 0 Å². The first-order valence-electron chi connectivity index (χ1n) is 9.67. The lowest BCUT2D eigenvalue weighted by Crippen LogP contribution is -2.45. The fraction of sp³-hybridized carbons (Fsp3) is 0.455. The van der Waals surface area contributed by atoms with E-state index in [1.807, 2.05) is 18.2 Å². The van der Waals surface area contributed by atoms with Crippen molar-refractivity contribution in [3.05, 3.63) is 47.0 Å². The van der Waals surface area contributed by atoms with Crippen molar-refractivity contribution in [2.75, 3.05) is 31.6 Å². The molecule has 3 aliphatic heterocycles. The van der Waals surface area contributed by atoms with Crippen LogP contribution in [0, 0.1) is 0 Å². The fourth-order valence-corrected chi connectivity index (χ4v) is 5.21. The van der Waals surface area contributed by atoms with E-state index in [-0.39, 0.29) is 0 Å². The van der Waals surface area contributed by atoms with Gasteiger partial charge in [0.15, 0.2) is 0 Å². The summed E-state index contributed by atoms with van der Waals surface area (Å²) >= 11 is 0. The van der Waals surface area contributed by atoms with Crippen molar-refractivity contribution in [3.63, 3.8) is 0 Å². The van der Waals surface area contributed by atoms with E-state index < -0.39 is 6.67 Å². The average molecular weight is 352 g/mol. The van der Waals surface area contributed by atoms with Gasteiger partial charge in [-0.15, -0.1) is 0 Å². The molecule has 2 atom stereocenters. The molecule has 26 heavy (non-hydrogen) atoms. The van der Waals surface area contributed by atoms with E-state index in [4.69, 9.17) is 4.74 Å². The number of alkyl halides is 1. The standard InChI is InChI=1S/C22H25FN2O/c1-26-17-4-5-18(16(10-17)12-23)15-9-14-3-2-8-25-21-6-7-24-13-20(21)19(11-15)22(14)25/h4-5,9-11,20-21,24H,2-3,6-8,12-13H2,1H3/t20-,21-/m0/s1. The summed E-state index contributed by atoms with van der Waals surface area (Å²) in [6.45, 7) is 2.87. The molecule has 3 aliphatic rings. The summed E-state index contributed by atoms with van der Waals surface area (Å²) in [5.74, 6) is 1.27. The molecule has 0 aromatic heterocycles. The Balaban J connectivity index is 1.65. The quantitative estimate of drug-likeness (QED) is 0.902. The van der Waals surface area contributed by atoms with Crippen LogP contribution in [-0.4, -0.2) is 32.8 Å². The number of ether oxygens (including phenoxy) is 1. The SMILES string of the molecule is COc1ccc(-c2cc3c4c(c2)[C@@H]2CNCC[C@@H]2N4CCC3)c(CF)c1. The highest BCUT2D eigenvalue weighted by Gasteiger charge is 2.42. The first-order chi connectivity index (χ1) is 12.8. The Morgan fingerprint density at radius 2 is 2.19 bits per heavy atom. The molecule has 3 nitrogen and oxygen atoms in total. The number of benzene rings is 2. The Morgan fingerprint density at radius 1 is 1.27 bits per heavy atom. The fourth-order valence-electron chi connectivity index (χ4n) is 5.21. The summed E-state index contributed by atoms with van der Waals surface area (Å²) < 4.78 is 19.0. The summed E-state index contributed by atoms with van der Waals surface area (Å²) in [5, 5.41) is 3.58. The molecule has 0 unspecified atom stereocenters. The molecule has 0 aliphatic carbocycles. The van der Waals surface area contributed by atoms with Crippen molar-refractivity contribution in [2.24, 2.45) is 0 Å². The number of anilines is 1. The second kappa shape index (κ2) is 6.27. The maximum atomic E-state index is 13.7. The van der Waals surface area contributed by atoms with Gasteiger partial charge in [0.05, 0.1) is 7.11 Å². The second-order valence-electron chi connectivity index (χ2n) is 7.69. The molecular formula is C22H25FN2O. The Bertz CT molecular complexity index is 850. The van der Waals surface area contributed by atoms with Gasteiger partial charge in [0.1, 0.15) is 12.4 Å². The molecule has 3 heterocycles. The van der Waals surface area contributed by atoms with Crippen LogP contribution in [0.3, 0.4) is 0 Å². The molecule has 136 valence electrons. The monoisotopic (exact) mass is 352 g/mol. The van der Waals surface area contributed by atoms with E-state index in [0.717, 1.165) is 30.6 Å². The zero-order valence-corrected chi connectivity index (χ0v) is 15.2. The number of rotatable bonds is 3. The van der Waals surface area contributed by atoms with Crippen LogP contribution >= 0.6 is 0 Å². The van der Waals surface area contributed by atoms with E-state index in [1.54, 1.807) is 7.11 Å². The van der Waals surface area contributed by atoms with Crippen molar-refractivity contribution in [1.82, 2.24) is 5.32 Å². The Morgan fingerprint density at radius 3 is 3.04 bits per heavy atom. The molecule has 2 aromatic rings. The lowest BCUT2D eigenvalue weighted by molar-refractivity contribution is 0.400. The van der Waals surface area contributed by atoms with Crippen LogP contribution < -0.4 is 15.0 Å². The number of aryl methyl sites for hydroxylation is 1. The minimum absolute atomic E-state index is 0.474. The highest BCUT2D eigenvalue weighted by molar-refractivity contribution is 5.78. The molecule has 5 rings (SSSR count). The van der Waals surface area contributed by atoms with E-state index in [0.29, 0.717) is 23.3 Å². The van der Waals surface area contributed by atoms with Gasteiger partial charge in [-0.25, -0.2) is 4.39 Å². The number of piperidine rings is 1. The van der Waals surface area contributed by atoms with Crippen molar-refractivity contribution < 1.29 is 9.13 Å². The van der Waals surface area contributed by atoms with Crippen LogP contribution in [0.1, 0.15) is 35.4 Å². The topological polar surface area (TPSA) is 24.5 Å². The van der Waals surface area contributed by atoms with Gasteiger partial charge in [-0.1, -0.05) is 6.07 Å². The zero-order chi connectivity index (χ0) is 17.7. The predicted molar refractivity (Wildman–Crippen MR) is 103 cm³/mol. The Hall–Kier alpha value is -2.07. The molecule has 0 amide bonds. The molecule has 1 saturated heterocycles. The predicted octanol–water partition coefficient (Wildman–Crippen LogP) is 4.04. The van der Waals surface area contributed by atoms with Gasteiger partial charge in [0.25, 0.3) is 0 Å². The van der Waals surface area contributed by atoms with Crippen molar-refractivity contribution in [2.45, 2.75) is 37.9 Å². The maximum Gasteiger partial charge on any atom is 0.119 e. The molecule has 0 saturated carbocycles. The van der Waals surface area contributed by atoms with Gasteiger partial charge < -0.3 is 15.0 Å². The maximum absolute atomic E-state index is 13.7. The first kappa shape index (κ1) is 16.1. The molecule has 0 bridgehead atoms. The van der Waals surface area contributed by atoms with Crippen LogP contribution in [0.5, 0.6) is 5.75 Å². The zero-order valence-electron chi connectivity index (χ0n) is 15.2. The van der Waals surface area contributed by atoms with Gasteiger partial charge in [-0.3, -0.25) is 0 Å². The van der Waals surface area contributed by atoms with Crippen LogP contribution in [0.4, 0.5) is 10.1 Å². The largest absolute Gasteiger partial charge is 0.497 e. The second-order valence-corrected chi connectivity index (χ2v) is 7.69. The van der Waals surface area contributed by atoms with E-state index in [9.17, 15) is 4.39 Å². The van der Waals surface area contributed by atoms with Gasteiger partial charge in [-0.05, 0) is 77.9 Å². The summed E-state index contributed by atoms with van der Waals surface area (Å²) in [4.78, 5) is 2.66. The highest BCUT2D eigenvalue weighted by atomic mass is 19.1. The van der Waals surface area contributed by atoms with E-state index >= 15 is 0 Å². The van der Waals surface area contributed by atoms with E-state index in [1.165, 1.54) is 36.2 Å². The Kier molecular flexibility index (Phi) is 3.89. The number of halogens is 1. The number of hydrogen-bond acceptors (Lipinski definition) is 3. The molecule has 1 N–H and O–H groups in total. The lowest BCUT2D eigenvalue weighted by atomic mass is 9.87. The first-order valence-corrected chi connectivity index (χ1v) is 9.67. The summed E-state index contributed by atoms with van der Waals surface area (Å²) in [6.07, 6.45) is 3.55. The van der Waals surface area contributed by atoms with Crippen molar-refractivity contribution in [1.29, 1.82) is 0 Å². The van der Waals surface area contributed by atoms with Crippen LogP contribution in [0.2, 0.25) is 0 Å². The summed E-state index contributed by atoms with van der Waals surface area (Å²) in [6, 6.07) is 11.0. The molecule has 0 spiro atoms. The van der Waals surface area contributed by atoms with E-state index in [2.05, 4.69) is 22.3 Å². The van der Waals surface area contributed by atoms with Crippen LogP contribution in [0.15, 0.2) is 30.3 Å². The number of hydrogen-bond donors (Lipinski definition) is 1. The van der Waals surface area contributed by atoms with Crippen LogP contribution in [-0.2, 0) is 13.1 Å². The van der Waals surface area contributed by atoms with Crippen molar-refractivity contribution >= 4 is 5.69 Å². The highest BCUT2D eigenvalue weighted by Crippen LogP contribution is 2.49. The molecular weight excluding hydrogens is 327 g/mol. The van der Waals surface area contributed by atoms with Crippen LogP contribution in [0.25, 0.3) is 11.1 Å². The normalized spacial score (nSPS) is 23.5. The minimum Gasteiger partial charge on any atom is -0.497 e. The third-order valence-electron chi connectivity index (χ3n) is 6.36. The minimum atomic E-state index is -0.474. The molecule has 4 heteroatoms. The van der Waals surface area contributed by atoms with Gasteiger partial charge in [-0.2, -0.15) is 0 Å². The van der Waals surface area contributed by atoms with Gasteiger partial charge in [0, 0.05) is 30.7 Å². The number of fused-ring (bicyclic) bond motifs is 3. The average Bonchev–Trinajstić information content (AvgIpc) is 3.03. The Labute approximate surface area is 154 Å². The summed E-state index contributed by atoms with van der Waals surface area (Å²) in [7, 11) is 1.63.